The average molecular weight is 666 g/mol. The largest absolute Gasteiger partial charge is 0.453 e. The molecular weight excluding hydrogens is 614 g/mol. The van der Waals surface area contributed by atoms with Crippen LogP contribution in [0.4, 0.5) is 4.79 Å². The van der Waals surface area contributed by atoms with E-state index in [0.717, 1.165) is 4.90 Å². The van der Waals surface area contributed by atoms with Crippen LogP contribution in [0.25, 0.3) is 0 Å². The smallest absolute Gasteiger partial charge is 0.406 e. The van der Waals surface area contributed by atoms with Gasteiger partial charge in [0.1, 0.15) is 0 Å². The highest BCUT2D eigenvalue weighted by Gasteiger charge is 2.22. The summed E-state index contributed by atoms with van der Waals surface area (Å²) >= 11 is 0. The van der Waals surface area contributed by atoms with Crippen LogP contribution in [0.1, 0.15) is 6.42 Å². The fourth-order valence-electron chi connectivity index (χ4n) is 3.37. The molecular formula is C29H51N3O14. The van der Waals surface area contributed by atoms with E-state index in [1.807, 2.05) is 0 Å². The normalized spacial score (nSPS) is 12.7. The zero-order valence-corrected chi connectivity index (χ0v) is 26.9. The molecule has 0 saturated heterocycles. The van der Waals surface area contributed by atoms with E-state index in [4.69, 9.17) is 42.6 Å². The van der Waals surface area contributed by atoms with Crippen molar-refractivity contribution in [2.24, 2.45) is 0 Å². The maximum Gasteiger partial charge on any atom is 0.406 e. The maximum absolute atomic E-state index is 11.8. The Morgan fingerprint density at radius 2 is 0.870 bits per heavy atom. The second kappa shape index (κ2) is 30.9. The lowest BCUT2D eigenvalue weighted by molar-refractivity contribution is -0.137. The predicted octanol–water partition coefficient (Wildman–Crippen LogP) is -1.08. The number of imide groups is 1. The minimum Gasteiger partial charge on any atom is -0.453 e. The molecule has 0 bridgehead atoms. The van der Waals surface area contributed by atoms with Crippen molar-refractivity contribution in [2.45, 2.75) is 6.42 Å². The third-order valence-electron chi connectivity index (χ3n) is 5.71. The first-order chi connectivity index (χ1) is 22.5. The molecule has 0 aliphatic carbocycles. The van der Waals surface area contributed by atoms with Gasteiger partial charge < -0.3 is 58.0 Å². The molecule has 2 N–H and O–H groups in total. The summed E-state index contributed by atoms with van der Waals surface area (Å²) in [6.45, 7) is 8.47. The Bertz CT molecular complexity index is 815. The second-order valence-corrected chi connectivity index (χ2v) is 9.19. The first kappa shape index (κ1) is 41.3. The van der Waals surface area contributed by atoms with Crippen molar-refractivity contribution in [2.75, 3.05) is 146 Å². The molecule has 17 heteroatoms. The first-order valence-electron chi connectivity index (χ1n) is 15.4. The average Bonchev–Trinajstić information content (AvgIpc) is 3.37. The van der Waals surface area contributed by atoms with E-state index in [-0.39, 0.29) is 43.8 Å². The van der Waals surface area contributed by atoms with Crippen LogP contribution in [0.3, 0.4) is 0 Å². The summed E-state index contributed by atoms with van der Waals surface area (Å²) in [4.78, 5) is 46.5. The number of carbonyl (C=O) groups is 4. The lowest BCUT2D eigenvalue weighted by Crippen LogP contribution is -2.38. The molecule has 1 aliphatic heterocycles. The quantitative estimate of drug-likeness (QED) is 0.0637. The predicted molar refractivity (Wildman–Crippen MR) is 161 cm³/mol. The topological polar surface area (TPSA) is 188 Å². The van der Waals surface area contributed by atoms with Crippen molar-refractivity contribution < 1.29 is 66.5 Å². The third kappa shape index (κ3) is 25.5. The van der Waals surface area contributed by atoms with Gasteiger partial charge in [0.15, 0.2) is 0 Å². The van der Waals surface area contributed by atoms with Crippen LogP contribution in [0.2, 0.25) is 0 Å². The Kier molecular flexibility index (Phi) is 27.7. The minimum atomic E-state index is -0.482. The summed E-state index contributed by atoms with van der Waals surface area (Å²) in [5.74, 6) is -0.958. The highest BCUT2D eigenvalue weighted by atomic mass is 16.6. The number of methoxy groups -OCH3 is 1. The standard InChI is InChI=1S/C29H51N3O14/c1-37-29(36)31-6-9-39-11-13-41-15-17-43-19-21-45-23-25-46-24-22-44-20-18-42-16-14-40-12-10-38-8-4-26(33)30-5-7-32-27(34)2-3-28(32)35/h2-3H,4-25H2,1H3,(H,30,33)(H,31,36). The number of nitrogens with one attached hydrogen (secondary N) is 2. The van der Waals surface area contributed by atoms with E-state index in [0.29, 0.717) is 119 Å². The fraction of sp³-hybridized carbons (Fsp3) is 0.793. The summed E-state index contributed by atoms with van der Waals surface area (Å²) in [6, 6.07) is 0. The molecule has 0 aromatic rings. The van der Waals surface area contributed by atoms with Crippen molar-refractivity contribution >= 4 is 23.8 Å². The van der Waals surface area contributed by atoms with Gasteiger partial charge in [-0.05, 0) is 0 Å². The van der Waals surface area contributed by atoms with Gasteiger partial charge in [0.25, 0.3) is 11.8 Å². The van der Waals surface area contributed by atoms with Crippen LogP contribution in [-0.4, -0.2) is 174 Å². The van der Waals surface area contributed by atoms with Crippen LogP contribution < -0.4 is 10.6 Å². The molecule has 1 rings (SSSR count). The number of carbonyl (C=O) groups excluding carboxylic acids is 4. The number of amides is 4. The van der Waals surface area contributed by atoms with E-state index in [1.165, 1.54) is 19.3 Å². The molecule has 0 unspecified atom stereocenters. The number of hydrogen-bond donors (Lipinski definition) is 2. The number of alkyl carbamates (subject to hydrolysis) is 1. The molecule has 46 heavy (non-hydrogen) atoms. The number of hydrogen-bond acceptors (Lipinski definition) is 14. The second-order valence-electron chi connectivity index (χ2n) is 9.19. The molecule has 0 atom stereocenters. The highest BCUT2D eigenvalue weighted by Crippen LogP contribution is 2.01. The Labute approximate surface area is 270 Å². The molecule has 266 valence electrons. The first-order valence-corrected chi connectivity index (χ1v) is 15.4. The Morgan fingerprint density at radius 3 is 1.24 bits per heavy atom. The van der Waals surface area contributed by atoms with Crippen molar-refractivity contribution in [3.8, 4) is 0 Å². The molecule has 0 aromatic carbocycles. The van der Waals surface area contributed by atoms with E-state index >= 15 is 0 Å². The Morgan fingerprint density at radius 1 is 0.522 bits per heavy atom. The highest BCUT2D eigenvalue weighted by molar-refractivity contribution is 6.12. The van der Waals surface area contributed by atoms with Gasteiger partial charge in [-0.1, -0.05) is 0 Å². The Balaban J connectivity index is 1.66. The van der Waals surface area contributed by atoms with Crippen molar-refractivity contribution in [3.63, 3.8) is 0 Å². The van der Waals surface area contributed by atoms with E-state index in [2.05, 4.69) is 15.4 Å². The number of nitrogens with zero attached hydrogens (tertiary/aromatic N) is 1. The molecule has 0 fully saturated rings. The van der Waals surface area contributed by atoms with Crippen LogP contribution in [0.15, 0.2) is 12.2 Å². The van der Waals surface area contributed by atoms with Crippen LogP contribution in [-0.2, 0) is 61.8 Å². The van der Waals surface area contributed by atoms with Gasteiger partial charge in [0.05, 0.1) is 126 Å². The molecule has 0 saturated carbocycles. The fourth-order valence-corrected chi connectivity index (χ4v) is 3.37. The zero-order valence-electron chi connectivity index (χ0n) is 26.9. The van der Waals surface area contributed by atoms with Crippen molar-refractivity contribution in [1.29, 1.82) is 0 Å². The van der Waals surface area contributed by atoms with Gasteiger partial charge in [0, 0.05) is 38.2 Å². The van der Waals surface area contributed by atoms with Gasteiger partial charge in [-0.2, -0.15) is 0 Å². The van der Waals surface area contributed by atoms with Crippen LogP contribution >= 0.6 is 0 Å². The summed E-state index contributed by atoms with van der Waals surface area (Å²) in [5, 5.41) is 5.16. The maximum atomic E-state index is 11.8. The SMILES string of the molecule is COC(=O)NCCOCCOCCOCCOCCOCCOCCOCCOCCOCCC(=O)NCCN1C(=O)C=CC1=O. The van der Waals surface area contributed by atoms with Crippen molar-refractivity contribution in [1.82, 2.24) is 15.5 Å². The number of rotatable bonds is 33. The van der Waals surface area contributed by atoms with Gasteiger partial charge >= 0.3 is 6.09 Å². The molecule has 4 amide bonds. The van der Waals surface area contributed by atoms with E-state index < -0.39 is 6.09 Å². The monoisotopic (exact) mass is 665 g/mol. The van der Waals surface area contributed by atoms with Gasteiger partial charge in [-0.15, -0.1) is 0 Å². The molecule has 0 radical (unpaired) electrons. The lowest BCUT2D eigenvalue weighted by atomic mass is 10.4. The molecule has 1 heterocycles. The summed E-state index contributed by atoms with van der Waals surface area (Å²) in [6.07, 6.45) is 2.11. The molecule has 1 aliphatic rings. The molecule has 0 spiro atoms. The minimum absolute atomic E-state index is 0.141. The summed E-state index contributed by atoms with van der Waals surface area (Å²) in [7, 11) is 1.31. The van der Waals surface area contributed by atoms with Gasteiger partial charge in [-0.25, -0.2) is 4.79 Å². The van der Waals surface area contributed by atoms with Gasteiger partial charge in [0.2, 0.25) is 5.91 Å². The zero-order chi connectivity index (χ0) is 33.3. The van der Waals surface area contributed by atoms with Gasteiger partial charge in [-0.3, -0.25) is 19.3 Å². The molecule has 17 nitrogen and oxygen atoms in total. The van der Waals surface area contributed by atoms with Crippen LogP contribution in [0, 0.1) is 0 Å². The molecule has 0 aromatic heterocycles. The van der Waals surface area contributed by atoms with E-state index in [1.54, 1.807) is 0 Å². The summed E-state index contributed by atoms with van der Waals surface area (Å²) in [5.41, 5.74) is 0. The summed E-state index contributed by atoms with van der Waals surface area (Å²) < 4.78 is 53.1. The third-order valence-corrected chi connectivity index (χ3v) is 5.71. The van der Waals surface area contributed by atoms with Crippen LogP contribution in [0.5, 0.6) is 0 Å². The number of ether oxygens (including phenoxy) is 10. The Hall–Kier alpha value is -2.74. The van der Waals surface area contributed by atoms with Crippen molar-refractivity contribution in [3.05, 3.63) is 12.2 Å². The van der Waals surface area contributed by atoms with E-state index in [9.17, 15) is 19.2 Å². The lowest BCUT2D eigenvalue weighted by Gasteiger charge is -2.14.